The second-order valence-electron chi connectivity index (χ2n) is 6.94. The second-order valence-corrected chi connectivity index (χ2v) is 7.80. The minimum absolute atomic E-state index is 0.159. The van der Waals surface area contributed by atoms with E-state index in [9.17, 15) is 10.1 Å². The number of nitriles is 1. The first-order valence-electron chi connectivity index (χ1n) is 9.64. The lowest BCUT2D eigenvalue weighted by atomic mass is 10.1. The number of amides is 1. The van der Waals surface area contributed by atoms with Crippen molar-refractivity contribution in [3.8, 4) is 11.8 Å². The van der Waals surface area contributed by atoms with Crippen molar-refractivity contribution < 1.29 is 9.53 Å². The van der Waals surface area contributed by atoms with Gasteiger partial charge in [0.05, 0.1) is 33.1 Å². The largest absolute Gasteiger partial charge is 0.488 e. The van der Waals surface area contributed by atoms with Crippen LogP contribution in [0.15, 0.2) is 87.9 Å². The molecule has 0 fully saturated rings. The highest BCUT2D eigenvalue weighted by Gasteiger charge is 2.28. The van der Waals surface area contributed by atoms with Gasteiger partial charge in [0.2, 0.25) is 0 Å². The van der Waals surface area contributed by atoms with E-state index >= 15 is 0 Å². The van der Waals surface area contributed by atoms with E-state index in [1.54, 1.807) is 6.07 Å². The molecule has 0 N–H and O–H groups in total. The number of carbonyl (C=O) groups excluding carboxylic acids is 1. The van der Waals surface area contributed by atoms with Gasteiger partial charge in [-0.15, -0.1) is 0 Å². The first-order chi connectivity index (χ1) is 15.1. The molecule has 0 bridgehead atoms. The predicted octanol–water partition coefficient (Wildman–Crippen LogP) is 5.71. The Kier molecular flexibility index (Phi) is 5.96. The van der Waals surface area contributed by atoms with E-state index < -0.39 is 0 Å². The molecule has 3 aromatic rings. The van der Waals surface area contributed by atoms with Crippen molar-refractivity contribution >= 4 is 39.3 Å². The Bertz CT molecular complexity index is 1240. The molecule has 0 unspecified atom stereocenters. The molecule has 0 radical (unpaired) electrons. The fourth-order valence-corrected chi connectivity index (χ4v) is 3.74. The van der Waals surface area contributed by atoms with Crippen LogP contribution in [-0.2, 0) is 11.4 Å². The summed E-state index contributed by atoms with van der Waals surface area (Å²) in [7, 11) is 0. The van der Waals surface area contributed by atoms with E-state index in [-0.39, 0.29) is 5.91 Å². The zero-order valence-corrected chi connectivity index (χ0v) is 18.3. The number of anilines is 1. The second kappa shape index (κ2) is 8.99. The standard InChI is InChI=1S/C25H18BrN3O2/c1-17-22(25(30)29(28-17)21-9-3-2-4-10-21)13-18-11-12-24(23(26)14-18)31-16-20-8-6-5-7-19(20)15-27/h2-14H,16H2,1H3/b22-13+. The van der Waals surface area contributed by atoms with Crippen LogP contribution in [0.3, 0.4) is 0 Å². The van der Waals surface area contributed by atoms with Gasteiger partial charge < -0.3 is 4.74 Å². The summed E-state index contributed by atoms with van der Waals surface area (Å²) < 4.78 is 6.65. The fraction of sp³-hybridized carbons (Fsp3) is 0.0800. The number of halogens is 1. The molecule has 1 aliphatic rings. The highest BCUT2D eigenvalue weighted by molar-refractivity contribution is 9.10. The lowest BCUT2D eigenvalue weighted by molar-refractivity contribution is -0.114. The Hall–Kier alpha value is -3.69. The van der Waals surface area contributed by atoms with Gasteiger partial charge >= 0.3 is 0 Å². The fourth-order valence-electron chi connectivity index (χ4n) is 3.23. The third kappa shape index (κ3) is 4.42. The van der Waals surface area contributed by atoms with Gasteiger partial charge in [0, 0.05) is 5.56 Å². The molecule has 152 valence electrons. The normalized spacial score (nSPS) is 14.5. The smallest absolute Gasteiger partial charge is 0.280 e. The van der Waals surface area contributed by atoms with Crippen LogP contribution in [0.2, 0.25) is 0 Å². The number of ether oxygens (including phenoxy) is 1. The van der Waals surface area contributed by atoms with Gasteiger partial charge in [0.1, 0.15) is 12.4 Å². The first-order valence-corrected chi connectivity index (χ1v) is 10.4. The van der Waals surface area contributed by atoms with E-state index in [0.29, 0.717) is 29.2 Å². The summed E-state index contributed by atoms with van der Waals surface area (Å²) in [4.78, 5) is 12.9. The van der Waals surface area contributed by atoms with Gasteiger partial charge in [0.15, 0.2) is 0 Å². The van der Waals surface area contributed by atoms with E-state index in [2.05, 4.69) is 27.1 Å². The summed E-state index contributed by atoms with van der Waals surface area (Å²) in [5.74, 6) is 0.497. The summed E-state index contributed by atoms with van der Waals surface area (Å²) in [6.07, 6.45) is 1.82. The molecular formula is C25H18BrN3O2. The minimum Gasteiger partial charge on any atom is -0.488 e. The van der Waals surface area contributed by atoms with Gasteiger partial charge in [-0.05, 0) is 64.8 Å². The lowest BCUT2D eigenvalue weighted by Crippen LogP contribution is -2.21. The van der Waals surface area contributed by atoms with Crippen molar-refractivity contribution in [3.63, 3.8) is 0 Å². The van der Waals surface area contributed by atoms with Crippen LogP contribution >= 0.6 is 15.9 Å². The summed E-state index contributed by atoms with van der Waals surface area (Å²) in [5.41, 5.74) is 4.22. The molecule has 1 heterocycles. The van der Waals surface area contributed by atoms with E-state index in [1.165, 1.54) is 5.01 Å². The molecule has 4 rings (SSSR count). The minimum atomic E-state index is -0.159. The van der Waals surface area contributed by atoms with Crippen molar-refractivity contribution in [2.45, 2.75) is 13.5 Å². The predicted molar refractivity (Wildman–Crippen MR) is 125 cm³/mol. The average molecular weight is 472 g/mol. The molecule has 5 nitrogen and oxygen atoms in total. The molecule has 3 aromatic carbocycles. The molecule has 6 heteroatoms. The lowest BCUT2D eigenvalue weighted by Gasteiger charge is -2.11. The Morgan fingerprint density at radius 2 is 1.84 bits per heavy atom. The van der Waals surface area contributed by atoms with Gasteiger partial charge in [-0.1, -0.05) is 42.5 Å². The number of benzene rings is 3. The van der Waals surface area contributed by atoms with Crippen molar-refractivity contribution in [1.29, 1.82) is 5.26 Å². The molecule has 31 heavy (non-hydrogen) atoms. The highest BCUT2D eigenvalue weighted by Crippen LogP contribution is 2.30. The van der Waals surface area contributed by atoms with Crippen LogP contribution in [0.5, 0.6) is 5.75 Å². The molecule has 0 saturated carbocycles. The number of carbonyl (C=O) groups is 1. The van der Waals surface area contributed by atoms with Crippen molar-refractivity contribution in [1.82, 2.24) is 0 Å². The molecular weight excluding hydrogens is 454 g/mol. The van der Waals surface area contributed by atoms with Crippen LogP contribution < -0.4 is 9.75 Å². The molecule has 0 saturated heterocycles. The highest BCUT2D eigenvalue weighted by atomic mass is 79.9. The molecule has 0 aliphatic carbocycles. The number of hydrogen-bond donors (Lipinski definition) is 0. The van der Waals surface area contributed by atoms with Gasteiger partial charge in [-0.3, -0.25) is 4.79 Å². The molecule has 0 atom stereocenters. The number of para-hydroxylation sites is 1. The molecule has 1 amide bonds. The number of hydrazone groups is 1. The summed E-state index contributed by atoms with van der Waals surface area (Å²) in [6.45, 7) is 2.12. The zero-order chi connectivity index (χ0) is 21.8. The maximum Gasteiger partial charge on any atom is 0.280 e. The summed E-state index contributed by atoms with van der Waals surface area (Å²) >= 11 is 3.54. The van der Waals surface area contributed by atoms with Crippen LogP contribution in [0, 0.1) is 11.3 Å². The third-order valence-corrected chi connectivity index (χ3v) is 5.47. The van der Waals surface area contributed by atoms with E-state index in [1.807, 2.05) is 79.7 Å². The van der Waals surface area contributed by atoms with Gasteiger partial charge in [-0.25, -0.2) is 0 Å². The van der Waals surface area contributed by atoms with E-state index in [4.69, 9.17) is 4.74 Å². The quantitative estimate of drug-likeness (QED) is 0.447. The molecule has 0 spiro atoms. The van der Waals surface area contributed by atoms with Gasteiger partial charge in [-0.2, -0.15) is 15.4 Å². The van der Waals surface area contributed by atoms with Crippen LogP contribution in [0.25, 0.3) is 6.08 Å². The van der Waals surface area contributed by atoms with Crippen LogP contribution in [-0.4, -0.2) is 11.6 Å². The molecule has 0 aromatic heterocycles. The Labute approximate surface area is 189 Å². The van der Waals surface area contributed by atoms with Gasteiger partial charge in [0.25, 0.3) is 5.91 Å². The zero-order valence-electron chi connectivity index (χ0n) is 16.7. The SMILES string of the molecule is CC1=NN(c2ccccc2)C(=O)/C1=C/c1ccc(OCc2ccccc2C#N)c(Br)c1. The number of hydrogen-bond acceptors (Lipinski definition) is 4. The topological polar surface area (TPSA) is 65.7 Å². The Balaban J connectivity index is 1.52. The summed E-state index contributed by atoms with van der Waals surface area (Å²) in [6, 6.07) is 24.5. The Morgan fingerprint density at radius 3 is 2.58 bits per heavy atom. The third-order valence-electron chi connectivity index (χ3n) is 4.85. The summed E-state index contributed by atoms with van der Waals surface area (Å²) in [5, 5.41) is 15.0. The van der Waals surface area contributed by atoms with Crippen molar-refractivity contribution in [2.75, 3.05) is 5.01 Å². The van der Waals surface area contributed by atoms with Crippen LogP contribution in [0.1, 0.15) is 23.6 Å². The number of nitrogens with zero attached hydrogens (tertiary/aromatic N) is 3. The van der Waals surface area contributed by atoms with Crippen molar-refractivity contribution in [3.05, 3.63) is 99.5 Å². The number of rotatable bonds is 5. The van der Waals surface area contributed by atoms with Crippen molar-refractivity contribution in [2.24, 2.45) is 5.10 Å². The maximum atomic E-state index is 12.9. The monoisotopic (exact) mass is 471 g/mol. The van der Waals surface area contributed by atoms with E-state index in [0.717, 1.165) is 21.3 Å². The molecule has 1 aliphatic heterocycles. The maximum absolute atomic E-state index is 12.9. The van der Waals surface area contributed by atoms with Crippen LogP contribution in [0.4, 0.5) is 5.69 Å². The Morgan fingerprint density at radius 1 is 1.10 bits per heavy atom. The average Bonchev–Trinajstić information content (AvgIpc) is 3.07. The first kappa shape index (κ1) is 20.6.